The molecule has 2 unspecified atom stereocenters. The van der Waals surface area contributed by atoms with Crippen molar-refractivity contribution in [2.24, 2.45) is 0 Å². The van der Waals surface area contributed by atoms with Gasteiger partial charge in [-0.15, -0.1) is 0 Å². The van der Waals surface area contributed by atoms with E-state index in [0.29, 0.717) is 25.9 Å². The lowest BCUT2D eigenvalue weighted by molar-refractivity contribution is -0.143. The average Bonchev–Trinajstić information content (AvgIpc) is 3.38. The van der Waals surface area contributed by atoms with Gasteiger partial charge in [-0.1, -0.05) is 288 Å². The third kappa shape index (κ3) is 57.4. The lowest BCUT2D eigenvalue weighted by atomic mass is 10.0. The minimum Gasteiger partial charge on any atom is -0.466 e. The fourth-order valence-corrected chi connectivity index (χ4v) is 9.96. The van der Waals surface area contributed by atoms with E-state index in [0.717, 1.165) is 57.8 Å². The van der Waals surface area contributed by atoms with Gasteiger partial charge in [0.05, 0.1) is 25.4 Å². The summed E-state index contributed by atoms with van der Waals surface area (Å²) in [5.41, 5.74) is 0. The molecule has 0 radical (unpaired) electrons. The fourth-order valence-electron chi connectivity index (χ4n) is 9.96. The van der Waals surface area contributed by atoms with Gasteiger partial charge in [0.25, 0.3) is 0 Å². The lowest BCUT2D eigenvalue weighted by Gasteiger charge is -2.22. The lowest BCUT2D eigenvalue weighted by Crippen LogP contribution is -2.45. The van der Waals surface area contributed by atoms with E-state index in [1.165, 1.54) is 257 Å². The molecule has 72 heavy (non-hydrogen) atoms. The first kappa shape index (κ1) is 70.1. The molecular formula is C66H125NO5. The van der Waals surface area contributed by atoms with E-state index >= 15 is 0 Å². The number of ether oxygens (including phenoxy) is 1. The molecule has 0 aromatic carbocycles. The molecule has 0 rings (SSSR count). The maximum atomic E-state index is 12.5. The minimum absolute atomic E-state index is 0.00682. The first-order valence-corrected chi connectivity index (χ1v) is 32.2. The second kappa shape index (κ2) is 61.6. The van der Waals surface area contributed by atoms with Gasteiger partial charge >= 0.3 is 5.97 Å². The van der Waals surface area contributed by atoms with Gasteiger partial charge in [-0.05, 0) is 83.5 Å². The number of unbranched alkanes of at least 4 members (excludes halogenated alkanes) is 43. The zero-order valence-corrected chi connectivity index (χ0v) is 48.4. The third-order valence-corrected chi connectivity index (χ3v) is 14.9. The normalized spacial score (nSPS) is 12.8. The number of rotatable bonds is 60. The average molecular weight is 1010 g/mol. The molecule has 0 aliphatic rings. The molecule has 0 aromatic rings. The number of hydrogen-bond donors (Lipinski definition) is 3. The van der Waals surface area contributed by atoms with Crippen LogP contribution in [-0.4, -0.2) is 47.4 Å². The van der Waals surface area contributed by atoms with E-state index in [1.807, 2.05) is 0 Å². The van der Waals surface area contributed by atoms with Gasteiger partial charge in [-0.3, -0.25) is 9.59 Å². The quantitative estimate of drug-likeness (QED) is 0.0320. The highest BCUT2D eigenvalue weighted by atomic mass is 16.5. The van der Waals surface area contributed by atoms with Gasteiger partial charge in [0.15, 0.2) is 0 Å². The number of allylic oxidation sites excluding steroid dienone is 6. The van der Waals surface area contributed by atoms with Crippen LogP contribution in [0.2, 0.25) is 0 Å². The number of carbonyl (C=O) groups excluding carboxylic acids is 2. The summed E-state index contributed by atoms with van der Waals surface area (Å²) in [4.78, 5) is 24.6. The smallest absolute Gasteiger partial charge is 0.305 e. The molecule has 0 aliphatic carbocycles. The summed E-state index contributed by atoms with van der Waals surface area (Å²) in [7, 11) is 0. The van der Waals surface area contributed by atoms with E-state index in [1.54, 1.807) is 0 Å². The van der Waals surface area contributed by atoms with Crippen molar-refractivity contribution in [2.75, 3.05) is 13.2 Å². The second-order valence-electron chi connectivity index (χ2n) is 22.1. The van der Waals surface area contributed by atoms with Crippen LogP contribution in [0.3, 0.4) is 0 Å². The van der Waals surface area contributed by atoms with Gasteiger partial charge in [-0.2, -0.15) is 0 Å². The molecule has 2 atom stereocenters. The summed E-state index contributed by atoms with van der Waals surface area (Å²) in [5.74, 6) is -0.0380. The van der Waals surface area contributed by atoms with Gasteiger partial charge in [0.1, 0.15) is 0 Å². The van der Waals surface area contributed by atoms with Crippen molar-refractivity contribution in [3.8, 4) is 0 Å². The Balaban J connectivity index is 3.42. The molecule has 0 spiro atoms. The van der Waals surface area contributed by atoms with Crippen LogP contribution in [0.5, 0.6) is 0 Å². The highest BCUT2D eigenvalue weighted by Crippen LogP contribution is 2.17. The van der Waals surface area contributed by atoms with Crippen LogP contribution in [0.25, 0.3) is 0 Å². The van der Waals surface area contributed by atoms with Crippen LogP contribution < -0.4 is 5.32 Å². The summed E-state index contributed by atoms with van der Waals surface area (Å²) < 4.78 is 5.50. The standard InChI is InChI=1S/C66H125NO5/c1-3-5-7-9-11-13-15-17-18-19-25-29-32-36-40-44-48-52-56-60-66(71)72-61-57-53-49-45-41-37-33-30-27-24-22-20-21-23-26-28-31-35-39-43-47-51-55-59-65(70)67-63(62-68)64(69)58-54-50-46-42-38-34-16-14-12-10-8-6-4-2/h17-18,20,22-23,26,63-64,68-69H,3-16,19,21,24-25,27-62H2,1-2H3,(H,67,70)/b18-17-,22-20-,26-23-. The van der Waals surface area contributed by atoms with Crippen LogP contribution in [0.4, 0.5) is 0 Å². The molecule has 0 bridgehead atoms. The predicted molar refractivity (Wildman–Crippen MR) is 315 cm³/mol. The van der Waals surface area contributed by atoms with Crippen molar-refractivity contribution in [3.63, 3.8) is 0 Å². The van der Waals surface area contributed by atoms with Crippen LogP contribution in [0.15, 0.2) is 36.5 Å². The molecule has 0 fully saturated rings. The molecule has 0 aliphatic heterocycles. The fraction of sp³-hybridized carbons (Fsp3) is 0.879. The third-order valence-electron chi connectivity index (χ3n) is 14.9. The Labute approximate surface area is 449 Å². The topological polar surface area (TPSA) is 95.9 Å². The van der Waals surface area contributed by atoms with Crippen molar-refractivity contribution in [1.29, 1.82) is 0 Å². The Kier molecular flexibility index (Phi) is 60.0. The van der Waals surface area contributed by atoms with Gasteiger partial charge in [0, 0.05) is 12.8 Å². The highest BCUT2D eigenvalue weighted by Gasteiger charge is 2.20. The largest absolute Gasteiger partial charge is 0.466 e. The van der Waals surface area contributed by atoms with Gasteiger partial charge < -0.3 is 20.3 Å². The molecule has 6 heteroatoms. The number of esters is 1. The number of aliphatic hydroxyl groups excluding tert-OH is 2. The van der Waals surface area contributed by atoms with E-state index in [-0.39, 0.29) is 18.5 Å². The first-order chi connectivity index (χ1) is 35.5. The zero-order valence-electron chi connectivity index (χ0n) is 48.4. The number of hydrogen-bond acceptors (Lipinski definition) is 5. The summed E-state index contributed by atoms with van der Waals surface area (Å²) in [5, 5.41) is 23.2. The second-order valence-corrected chi connectivity index (χ2v) is 22.1. The molecular weight excluding hydrogens is 887 g/mol. The maximum Gasteiger partial charge on any atom is 0.305 e. The first-order valence-electron chi connectivity index (χ1n) is 32.2. The van der Waals surface area contributed by atoms with Crippen molar-refractivity contribution in [2.45, 2.75) is 360 Å². The van der Waals surface area contributed by atoms with Crippen LogP contribution >= 0.6 is 0 Å². The highest BCUT2D eigenvalue weighted by molar-refractivity contribution is 5.76. The molecule has 6 nitrogen and oxygen atoms in total. The molecule has 0 saturated heterocycles. The number of carbonyl (C=O) groups is 2. The van der Waals surface area contributed by atoms with Crippen LogP contribution in [0, 0.1) is 0 Å². The van der Waals surface area contributed by atoms with E-state index in [2.05, 4.69) is 55.6 Å². The van der Waals surface area contributed by atoms with Gasteiger partial charge in [0.2, 0.25) is 5.91 Å². The summed E-state index contributed by atoms with van der Waals surface area (Å²) in [6.07, 6.45) is 77.3. The molecule has 1 amide bonds. The molecule has 3 N–H and O–H groups in total. The molecule has 424 valence electrons. The molecule has 0 saturated carbocycles. The monoisotopic (exact) mass is 1010 g/mol. The Morgan fingerprint density at radius 1 is 0.389 bits per heavy atom. The maximum absolute atomic E-state index is 12.5. The summed E-state index contributed by atoms with van der Waals surface area (Å²) in [6, 6.07) is -0.549. The van der Waals surface area contributed by atoms with Crippen molar-refractivity contribution >= 4 is 11.9 Å². The zero-order chi connectivity index (χ0) is 52.2. The summed E-state index contributed by atoms with van der Waals surface area (Å²) in [6.45, 7) is 4.95. The van der Waals surface area contributed by atoms with Crippen molar-refractivity contribution in [1.82, 2.24) is 5.32 Å². The van der Waals surface area contributed by atoms with Crippen molar-refractivity contribution in [3.05, 3.63) is 36.5 Å². The SMILES string of the molecule is CCCCCCCC/C=C\CCCCCCCCCCCC(=O)OCCCCCCCCCCC/C=C\C/C=C\CCCCCCCCCC(=O)NC(CO)C(O)CCCCCCCCCCCCCCC. The Morgan fingerprint density at radius 2 is 0.694 bits per heavy atom. The minimum atomic E-state index is -0.670. The summed E-state index contributed by atoms with van der Waals surface area (Å²) >= 11 is 0. The number of aliphatic hydroxyl groups is 2. The molecule has 0 aromatic heterocycles. The van der Waals surface area contributed by atoms with Crippen LogP contribution in [-0.2, 0) is 14.3 Å². The predicted octanol–water partition coefficient (Wildman–Crippen LogP) is 20.4. The molecule has 0 heterocycles. The van der Waals surface area contributed by atoms with E-state index in [4.69, 9.17) is 4.74 Å². The van der Waals surface area contributed by atoms with E-state index in [9.17, 15) is 19.8 Å². The number of amides is 1. The Hall–Kier alpha value is -1.92. The Morgan fingerprint density at radius 3 is 1.07 bits per heavy atom. The van der Waals surface area contributed by atoms with E-state index < -0.39 is 12.1 Å². The van der Waals surface area contributed by atoms with Crippen LogP contribution in [0.1, 0.15) is 348 Å². The number of nitrogens with one attached hydrogen (secondary N) is 1. The van der Waals surface area contributed by atoms with Gasteiger partial charge in [-0.25, -0.2) is 0 Å². The Bertz CT molecular complexity index is 1170. The van der Waals surface area contributed by atoms with Crippen molar-refractivity contribution < 1.29 is 24.5 Å².